The van der Waals surface area contributed by atoms with Crippen LogP contribution in [0.2, 0.25) is 0 Å². The predicted molar refractivity (Wildman–Crippen MR) is 89.4 cm³/mol. The van der Waals surface area contributed by atoms with Crippen LogP contribution >= 0.6 is 31.9 Å². The van der Waals surface area contributed by atoms with E-state index in [4.69, 9.17) is 4.74 Å². The molecule has 21 heavy (non-hydrogen) atoms. The molecular weight excluding hydrogens is 402 g/mol. The fraction of sp³-hybridized carbons (Fsp3) is 0.200. The summed E-state index contributed by atoms with van der Waals surface area (Å²) in [6.07, 6.45) is 0. The van der Waals surface area contributed by atoms with E-state index in [0.717, 1.165) is 20.9 Å². The van der Waals surface area contributed by atoms with Gasteiger partial charge in [0.25, 0.3) is 5.69 Å². The zero-order valence-electron chi connectivity index (χ0n) is 11.5. The van der Waals surface area contributed by atoms with Crippen LogP contribution in [0.5, 0.6) is 11.5 Å². The number of ether oxygens (including phenoxy) is 1. The SMILES string of the molecule is Cc1cc([N+](=O)[O-])c(C)cc1Oc1ccc(CBr)c(Br)c1. The standard InChI is InChI=1S/C15H13Br2NO3/c1-9-6-15(10(2)5-14(9)18(19)20)21-12-4-3-11(8-16)13(17)7-12/h3-7H,8H2,1-2H3. The van der Waals surface area contributed by atoms with Gasteiger partial charge in [0.15, 0.2) is 0 Å². The third kappa shape index (κ3) is 3.63. The fourth-order valence-corrected chi connectivity index (χ4v) is 3.27. The summed E-state index contributed by atoms with van der Waals surface area (Å²) in [5.41, 5.74) is 2.54. The van der Waals surface area contributed by atoms with E-state index in [1.54, 1.807) is 19.9 Å². The molecule has 0 bridgehead atoms. The molecule has 0 saturated carbocycles. The number of halogens is 2. The number of hydrogen-bond donors (Lipinski definition) is 0. The molecule has 2 aromatic rings. The summed E-state index contributed by atoms with van der Waals surface area (Å²) in [5, 5.41) is 11.7. The van der Waals surface area contributed by atoms with E-state index >= 15 is 0 Å². The average molecular weight is 415 g/mol. The first kappa shape index (κ1) is 16.0. The Bertz CT molecular complexity index is 702. The Morgan fingerprint density at radius 3 is 2.48 bits per heavy atom. The maximum absolute atomic E-state index is 10.9. The monoisotopic (exact) mass is 413 g/mol. The van der Waals surface area contributed by atoms with Gasteiger partial charge in [0, 0.05) is 21.4 Å². The number of benzene rings is 2. The first-order valence-corrected chi connectivity index (χ1v) is 8.11. The number of nitrogens with zero attached hydrogens (tertiary/aromatic N) is 1. The van der Waals surface area contributed by atoms with E-state index in [0.29, 0.717) is 17.1 Å². The van der Waals surface area contributed by atoms with Gasteiger partial charge in [-0.15, -0.1) is 0 Å². The van der Waals surface area contributed by atoms with Gasteiger partial charge in [-0.3, -0.25) is 10.1 Å². The van der Waals surface area contributed by atoms with Crippen LogP contribution < -0.4 is 4.74 Å². The highest BCUT2D eigenvalue weighted by Gasteiger charge is 2.14. The molecule has 0 aromatic heterocycles. The molecule has 0 saturated heterocycles. The van der Waals surface area contributed by atoms with Crippen LogP contribution in [0.3, 0.4) is 0 Å². The van der Waals surface area contributed by atoms with Gasteiger partial charge >= 0.3 is 0 Å². The maximum atomic E-state index is 10.9. The maximum Gasteiger partial charge on any atom is 0.272 e. The Morgan fingerprint density at radius 1 is 1.19 bits per heavy atom. The summed E-state index contributed by atoms with van der Waals surface area (Å²) in [6.45, 7) is 3.50. The fourth-order valence-electron chi connectivity index (χ4n) is 1.91. The smallest absolute Gasteiger partial charge is 0.272 e. The number of aryl methyl sites for hydroxylation is 2. The van der Waals surface area contributed by atoms with Gasteiger partial charge in [-0.1, -0.05) is 37.9 Å². The molecule has 0 fully saturated rings. The van der Waals surface area contributed by atoms with Crippen molar-refractivity contribution in [2.24, 2.45) is 0 Å². The number of alkyl halides is 1. The van der Waals surface area contributed by atoms with Crippen LogP contribution in [0.25, 0.3) is 0 Å². The van der Waals surface area contributed by atoms with E-state index in [-0.39, 0.29) is 10.6 Å². The van der Waals surface area contributed by atoms with Crippen molar-refractivity contribution in [3.8, 4) is 11.5 Å². The van der Waals surface area contributed by atoms with Crippen molar-refractivity contribution in [2.45, 2.75) is 19.2 Å². The quantitative estimate of drug-likeness (QED) is 0.368. The van der Waals surface area contributed by atoms with Gasteiger partial charge in [-0.05, 0) is 43.2 Å². The highest BCUT2D eigenvalue weighted by atomic mass is 79.9. The zero-order chi connectivity index (χ0) is 15.6. The van der Waals surface area contributed by atoms with Gasteiger partial charge in [0.1, 0.15) is 11.5 Å². The van der Waals surface area contributed by atoms with Gasteiger partial charge in [-0.25, -0.2) is 0 Å². The Balaban J connectivity index is 2.34. The number of rotatable bonds is 4. The molecule has 0 unspecified atom stereocenters. The molecule has 110 valence electrons. The first-order chi connectivity index (χ1) is 9.92. The minimum absolute atomic E-state index is 0.107. The van der Waals surface area contributed by atoms with Gasteiger partial charge in [0.2, 0.25) is 0 Å². The zero-order valence-corrected chi connectivity index (χ0v) is 14.7. The number of hydrogen-bond acceptors (Lipinski definition) is 3. The normalized spacial score (nSPS) is 10.5. The van der Waals surface area contributed by atoms with Crippen molar-refractivity contribution in [1.29, 1.82) is 0 Å². The van der Waals surface area contributed by atoms with E-state index in [9.17, 15) is 10.1 Å². The minimum atomic E-state index is -0.381. The molecular formula is C15H13Br2NO3. The molecule has 6 heteroatoms. The van der Waals surface area contributed by atoms with Crippen LogP contribution in [-0.4, -0.2) is 4.92 Å². The lowest BCUT2D eigenvalue weighted by atomic mass is 10.1. The average Bonchev–Trinajstić information content (AvgIpc) is 2.42. The first-order valence-electron chi connectivity index (χ1n) is 6.20. The summed E-state index contributed by atoms with van der Waals surface area (Å²) in [7, 11) is 0. The summed E-state index contributed by atoms with van der Waals surface area (Å²) >= 11 is 6.89. The highest BCUT2D eigenvalue weighted by molar-refractivity contribution is 9.10. The molecule has 0 aliphatic carbocycles. The van der Waals surface area contributed by atoms with Gasteiger partial charge in [-0.2, -0.15) is 0 Å². The molecule has 0 amide bonds. The van der Waals surface area contributed by atoms with E-state index in [1.165, 1.54) is 6.07 Å². The van der Waals surface area contributed by atoms with Crippen LogP contribution in [0.4, 0.5) is 5.69 Å². The second kappa shape index (κ2) is 6.58. The molecule has 2 aromatic carbocycles. The molecule has 0 aliphatic rings. The third-order valence-corrected chi connectivity index (χ3v) is 4.43. The molecule has 0 heterocycles. The van der Waals surface area contributed by atoms with Crippen molar-refractivity contribution < 1.29 is 9.66 Å². The molecule has 4 nitrogen and oxygen atoms in total. The Hall–Kier alpha value is -1.40. The molecule has 0 aliphatic heterocycles. The van der Waals surface area contributed by atoms with Crippen LogP contribution in [-0.2, 0) is 5.33 Å². The lowest BCUT2D eigenvalue weighted by Gasteiger charge is -2.11. The minimum Gasteiger partial charge on any atom is -0.457 e. The van der Waals surface area contributed by atoms with Gasteiger partial charge in [0.05, 0.1) is 4.92 Å². The summed E-state index contributed by atoms with van der Waals surface area (Å²) < 4.78 is 6.79. The molecule has 2 rings (SSSR count). The second-order valence-corrected chi connectivity index (χ2v) is 6.07. The number of nitro benzene ring substituents is 1. The van der Waals surface area contributed by atoms with Crippen molar-refractivity contribution in [3.05, 3.63) is 61.6 Å². The topological polar surface area (TPSA) is 52.4 Å². The molecule has 0 spiro atoms. The lowest BCUT2D eigenvalue weighted by molar-refractivity contribution is -0.385. The van der Waals surface area contributed by atoms with Crippen molar-refractivity contribution in [2.75, 3.05) is 0 Å². The summed E-state index contributed by atoms with van der Waals surface area (Å²) in [5.74, 6) is 1.31. The molecule has 0 radical (unpaired) electrons. The second-order valence-electron chi connectivity index (χ2n) is 4.65. The van der Waals surface area contributed by atoms with Crippen molar-refractivity contribution in [1.82, 2.24) is 0 Å². The molecule has 0 atom stereocenters. The van der Waals surface area contributed by atoms with Crippen molar-refractivity contribution >= 4 is 37.5 Å². The van der Waals surface area contributed by atoms with E-state index < -0.39 is 0 Å². The summed E-state index contributed by atoms with van der Waals surface area (Å²) in [6, 6.07) is 8.94. The Labute approximate surface area is 139 Å². The predicted octanol–water partition coefficient (Wildman–Crippen LogP) is 5.66. The lowest BCUT2D eigenvalue weighted by Crippen LogP contribution is -1.95. The Kier molecular flexibility index (Phi) is 5.00. The van der Waals surface area contributed by atoms with E-state index in [2.05, 4.69) is 31.9 Å². The van der Waals surface area contributed by atoms with Crippen molar-refractivity contribution in [3.63, 3.8) is 0 Å². The van der Waals surface area contributed by atoms with Crippen LogP contribution in [0.15, 0.2) is 34.8 Å². The highest BCUT2D eigenvalue weighted by Crippen LogP contribution is 2.33. The summed E-state index contributed by atoms with van der Waals surface area (Å²) in [4.78, 5) is 10.5. The van der Waals surface area contributed by atoms with E-state index in [1.807, 2.05) is 18.2 Å². The number of nitro groups is 1. The van der Waals surface area contributed by atoms with Gasteiger partial charge < -0.3 is 4.74 Å². The van der Waals surface area contributed by atoms with Crippen LogP contribution in [0, 0.1) is 24.0 Å². The Morgan fingerprint density at radius 2 is 1.90 bits per heavy atom. The molecule has 0 N–H and O–H groups in total. The third-order valence-electron chi connectivity index (χ3n) is 3.09. The van der Waals surface area contributed by atoms with Crippen LogP contribution in [0.1, 0.15) is 16.7 Å². The largest absolute Gasteiger partial charge is 0.457 e.